The summed E-state index contributed by atoms with van der Waals surface area (Å²) in [5.41, 5.74) is 2.51. The van der Waals surface area contributed by atoms with Crippen LogP contribution in [-0.2, 0) is 6.42 Å². The topological polar surface area (TPSA) is 41.9 Å². The van der Waals surface area contributed by atoms with Crippen molar-refractivity contribution >= 4 is 34.1 Å². The first-order valence-electron chi connectivity index (χ1n) is 7.06. The average molecular weight is 315 g/mol. The van der Waals surface area contributed by atoms with E-state index in [0.29, 0.717) is 5.65 Å². The van der Waals surface area contributed by atoms with E-state index in [0.717, 1.165) is 41.8 Å². The molecule has 0 atom stereocenters. The Morgan fingerprint density at radius 1 is 1.18 bits per heavy atom. The van der Waals surface area contributed by atoms with Gasteiger partial charge in [-0.05, 0) is 60.3 Å². The van der Waals surface area contributed by atoms with Gasteiger partial charge in [-0.3, -0.25) is 0 Å². The van der Waals surface area contributed by atoms with Crippen LogP contribution >= 0.6 is 11.6 Å². The van der Waals surface area contributed by atoms with Gasteiger partial charge in [0.15, 0.2) is 5.65 Å². The predicted molar refractivity (Wildman–Crippen MR) is 84.1 cm³/mol. The van der Waals surface area contributed by atoms with Crippen LogP contribution in [0.4, 0.5) is 15.9 Å². The first kappa shape index (κ1) is 13.4. The van der Waals surface area contributed by atoms with Crippen molar-refractivity contribution in [3.8, 4) is 0 Å². The molecule has 4 rings (SSSR count). The molecule has 0 aliphatic carbocycles. The molecule has 22 heavy (non-hydrogen) atoms. The SMILES string of the molecule is Fc1ccc2c(c1)CCCN2c1nc(Cl)nc2ncccc12. The quantitative estimate of drug-likeness (QED) is 0.639. The molecule has 1 aliphatic rings. The molecule has 6 heteroatoms. The Morgan fingerprint density at radius 3 is 3.00 bits per heavy atom. The van der Waals surface area contributed by atoms with Crippen LogP contribution in [0.25, 0.3) is 11.0 Å². The zero-order valence-electron chi connectivity index (χ0n) is 11.6. The predicted octanol–water partition coefficient (Wildman–Crippen LogP) is 3.90. The minimum atomic E-state index is -0.215. The second kappa shape index (κ2) is 5.18. The lowest BCUT2D eigenvalue weighted by Crippen LogP contribution is -2.26. The minimum Gasteiger partial charge on any atom is -0.325 e. The highest BCUT2D eigenvalue weighted by atomic mass is 35.5. The van der Waals surface area contributed by atoms with Gasteiger partial charge in [0.25, 0.3) is 0 Å². The zero-order valence-corrected chi connectivity index (χ0v) is 12.4. The molecule has 0 saturated heterocycles. The molecule has 4 nitrogen and oxygen atoms in total. The van der Waals surface area contributed by atoms with Crippen LogP contribution in [0.2, 0.25) is 5.28 Å². The Balaban J connectivity index is 1.94. The maximum absolute atomic E-state index is 13.5. The number of nitrogens with zero attached hydrogens (tertiary/aromatic N) is 4. The first-order valence-corrected chi connectivity index (χ1v) is 7.44. The summed E-state index contributed by atoms with van der Waals surface area (Å²) in [5, 5.41) is 1.000. The van der Waals surface area contributed by atoms with Crippen LogP contribution in [0, 0.1) is 5.82 Å². The molecule has 0 fully saturated rings. The summed E-state index contributed by atoms with van der Waals surface area (Å²) in [5.74, 6) is 0.503. The van der Waals surface area contributed by atoms with E-state index in [9.17, 15) is 4.39 Å². The van der Waals surface area contributed by atoms with Crippen molar-refractivity contribution in [3.05, 3.63) is 53.2 Å². The number of aromatic nitrogens is 3. The monoisotopic (exact) mass is 314 g/mol. The smallest absolute Gasteiger partial charge is 0.226 e. The molecule has 0 saturated carbocycles. The molecule has 1 aromatic carbocycles. The van der Waals surface area contributed by atoms with Gasteiger partial charge in [-0.1, -0.05) is 0 Å². The van der Waals surface area contributed by atoms with Crippen molar-refractivity contribution < 1.29 is 4.39 Å². The van der Waals surface area contributed by atoms with Crippen molar-refractivity contribution in [3.63, 3.8) is 0 Å². The molecule has 0 N–H and O–H groups in total. The van der Waals surface area contributed by atoms with E-state index in [1.54, 1.807) is 18.3 Å². The van der Waals surface area contributed by atoms with Crippen LogP contribution in [0.1, 0.15) is 12.0 Å². The van der Waals surface area contributed by atoms with Crippen LogP contribution < -0.4 is 4.90 Å². The zero-order chi connectivity index (χ0) is 15.1. The van der Waals surface area contributed by atoms with Crippen molar-refractivity contribution in [2.75, 3.05) is 11.4 Å². The summed E-state index contributed by atoms with van der Waals surface area (Å²) in [7, 11) is 0. The molecule has 0 spiro atoms. The molecule has 0 unspecified atom stereocenters. The van der Waals surface area contributed by atoms with E-state index < -0.39 is 0 Å². The van der Waals surface area contributed by atoms with Gasteiger partial charge in [-0.15, -0.1) is 0 Å². The number of anilines is 2. The molecule has 0 amide bonds. The van der Waals surface area contributed by atoms with E-state index >= 15 is 0 Å². The first-order chi connectivity index (χ1) is 10.7. The average Bonchev–Trinajstić information content (AvgIpc) is 2.53. The Morgan fingerprint density at radius 2 is 2.09 bits per heavy atom. The molecular weight excluding hydrogens is 303 g/mol. The van der Waals surface area contributed by atoms with Gasteiger partial charge in [0.1, 0.15) is 11.6 Å². The van der Waals surface area contributed by atoms with Crippen molar-refractivity contribution in [2.24, 2.45) is 0 Å². The van der Waals surface area contributed by atoms with Crippen molar-refractivity contribution in [1.82, 2.24) is 15.0 Å². The lowest BCUT2D eigenvalue weighted by Gasteiger charge is -2.31. The molecule has 1 aliphatic heterocycles. The molecule has 3 aromatic rings. The third kappa shape index (κ3) is 2.18. The van der Waals surface area contributed by atoms with E-state index in [1.807, 2.05) is 12.1 Å². The van der Waals surface area contributed by atoms with E-state index in [1.165, 1.54) is 6.07 Å². The fourth-order valence-electron chi connectivity index (χ4n) is 2.91. The number of aryl methyl sites for hydroxylation is 1. The van der Waals surface area contributed by atoms with E-state index in [-0.39, 0.29) is 11.1 Å². The van der Waals surface area contributed by atoms with Crippen LogP contribution in [0.15, 0.2) is 36.5 Å². The summed E-state index contributed by atoms with van der Waals surface area (Å²) in [6, 6.07) is 8.62. The van der Waals surface area contributed by atoms with Gasteiger partial charge in [0.05, 0.1) is 5.39 Å². The van der Waals surface area contributed by atoms with Crippen LogP contribution in [0.3, 0.4) is 0 Å². The molecular formula is C16H12ClFN4. The van der Waals surface area contributed by atoms with Gasteiger partial charge in [0.2, 0.25) is 5.28 Å². The summed E-state index contributed by atoms with van der Waals surface area (Å²) in [4.78, 5) is 14.9. The highest BCUT2D eigenvalue weighted by Crippen LogP contribution is 2.36. The number of fused-ring (bicyclic) bond motifs is 2. The van der Waals surface area contributed by atoms with Gasteiger partial charge in [-0.25, -0.2) is 9.37 Å². The van der Waals surface area contributed by atoms with Gasteiger partial charge >= 0.3 is 0 Å². The molecule has 0 radical (unpaired) electrons. The van der Waals surface area contributed by atoms with Crippen LogP contribution in [-0.4, -0.2) is 21.5 Å². The summed E-state index contributed by atoms with van der Waals surface area (Å²) in [6.45, 7) is 0.802. The standard InChI is InChI=1S/C16H12ClFN4/c17-16-20-14-12(4-1-7-19-14)15(21-16)22-8-2-3-10-9-11(18)5-6-13(10)22/h1,4-7,9H,2-3,8H2. The van der Waals surface area contributed by atoms with Crippen molar-refractivity contribution in [1.29, 1.82) is 0 Å². The fourth-order valence-corrected chi connectivity index (χ4v) is 3.07. The second-order valence-electron chi connectivity index (χ2n) is 5.22. The number of hydrogen-bond acceptors (Lipinski definition) is 4. The van der Waals surface area contributed by atoms with Crippen molar-refractivity contribution in [2.45, 2.75) is 12.8 Å². The summed E-state index contributed by atoms with van der Waals surface area (Å²) >= 11 is 6.05. The van der Waals surface area contributed by atoms with E-state index in [4.69, 9.17) is 11.6 Å². The summed E-state index contributed by atoms with van der Waals surface area (Å²) in [6.07, 6.45) is 3.47. The van der Waals surface area contributed by atoms with Gasteiger partial charge in [0, 0.05) is 18.4 Å². The van der Waals surface area contributed by atoms with Crippen LogP contribution in [0.5, 0.6) is 0 Å². The number of hydrogen-bond donors (Lipinski definition) is 0. The van der Waals surface area contributed by atoms with Gasteiger partial charge in [-0.2, -0.15) is 9.97 Å². The Bertz CT molecular complexity index is 868. The normalized spacial score (nSPS) is 14.2. The lowest BCUT2D eigenvalue weighted by atomic mass is 10.0. The molecule has 0 bridgehead atoms. The Kier molecular flexibility index (Phi) is 3.15. The Hall–Kier alpha value is -2.27. The highest BCUT2D eigenvalue weighted by Gasteiger charge is 2.22. The van der Waals surface area contributed by atoms with Gasteiger partial charge < -0.3 is 4.90 Å². The number of benzene rings is 1. The maximum Gasteiger partial charge on any atom is 0.226 e. The fraction of sp³-hybridized carbons (Fsp3) is 0.188. The third-order valence-electron chi connectivity index (χ3n) is 3.84. The number of rotatable bonds is 1. The summed E-state index contributed by atoms with van der Waals surface area (Å²) < 4.78 is 13.5. The molecule has 110 valence electrons. The van der Waals surface area contributed by atoms with E-state index in [2.05, 4.69) is 19.9 Å². The Labute approximate surface area is 131 Å². The highest BCUT2D eigenvalue weighted by molar-refractivity contribution is 6.28. The molecule has 3 heterocycles. The second-order valence-corrected chi connectivity index (χ2v) is 5.56. The molecule has 2 aromatic heterocycles. The maximum atomic E-state index is 13.5. The largest absolute Gasteiger partial charge is 0.325 e. The number of halogens is 2. The third-order valence-corrected chi connectivity index (χ3v) is 4.01. The lowest BCUT2D eigenvalue weighted by molar-refractivity contribution is 0.622. The minimum absolute atomic E-state index is 0.162. The number of pyridine rings is 1.